The number of para-hydroxylation sites is 1. The van der Waals surface area contributed by atoms with Gasteiger partial charge in [0.1, 0.15) is 5.56 Å². The van der Waals surface area contributed by atoms with E-state index in [9.17, 15) is 29.3 Å². The van der Waals surface area contributed by atoms with E-state index in [1.807, 2.05) is 0 Å². The molecule has 0 bridgehead atoms. The Kier molecular flexibility index (Phi) is 6.39. The second-order valence-electron chi connectivity index (χ2n) is 6.93. The van der Waals surface area contributed by atoms with Gasteiger partial charge in [0.05, 0.1) is 17.4 Å². The third-order valence-electron chi connectivity index (χ3n) is 4.76. The van der Waals surface area contributed by atoms with E-state index in [1.54, 1.807) is 30.3 Å². The molecule has 2 atom stereocenters. The van der Waals surface area contributed by atoms with Crippen molar-refractivity contribution in [3.63, 3.8) is 0 Å². The maximum atomic E-state index is 12.4. The maximum absolute atomic E-state index is 12.4. The molecule has 2 aromatic carbocycles. The lowest BCUT2D eigenvalue weighted by atomic mass is 10.1. The first-order valence-electron chi connectivity index (χ1n) is 9.42. The first-order chi connectivity index (χ1) is 14.8. The summed E-state index contributed by atoms with van der Waals surface area (Å²) in [6, 6.07) is 13.6. The van der Waals surface area contributed by atoms with Gasteiger partial charge in [0.2, 0.25) is 11.7 Å². The highest BCUT2D eigenvalue weighted by molar-refractivity contribution is 6.01. The number of carbonyl (C=O) groups is 4. The van der Waals surface area contributed by atoms with Crippen molar-refractivity contribution >= 4 is 29.3 Å². The lowest BCUT2D eigenvalue weighted by Crippen LogP contribution is -2.43. The zero-order valence-electron chi connectivity index (χ0n) is 16.5. The lowest BCUT2D eigenvalue weighted by Gasteiger charge is -2.18. The van der Waals surface area contributed by atoms with Crippen LogP contribution < -0.4 is 5.43 Å². The van der Waals surface area contributed by atoms with E-state index in [-0.39, 0.29) is 24.3 Å². The van der Waals surface area contributed by atoms with Crippen LogP contribution in [0.3, 0.4) is 0 Å². The van der Waals surface area contributed by atoms with Crippen molar-refractivity contribution in [2.24, 2.45) is 5.92 Å². The Morgan fingerprint density at radius 3 is 2.45 bits per heavy atom. The summed E-state index contributed by atoms with van der Waals surface area (Å²) in [5.41, 5.74) is 2.06. The van der Waals surface area contributed by atoms with Crippen LogP contribution in [-0.4, -0.2) is 46.1 Å². The normalized spacial score (nSPS) is 16.5. The predicted molar refractivity (Wildman–Crippen MR) is 107 cm³/mol. The Morgan fingerprint density at radius 2 is 1.77 bits per heavy atom. The Morgan fingerprint density at radius 1 is 1.13 bits per heavy atom. The van der Waals surface area contributed by atoms with Crippen LogP contribution in [-0.2, 0) is 14.3 Å². The number of nitro benzene ring substituents is 1. The number of amides is 2. The number of nitrogens with one attached hydrogen (secondary N) is 1. The number of hydrogen-bond acceptors (Lipinski definition) is 7. The molecule has 1 fully saturated rings. The molecule has 0 unspecified atom stereocenters. The summed E-state index contributed by atoms with van der Waals surface area (Å²) in [7, 11) is 0. The van der Waals surface area contributed by atoms with Gasteiger partial charge in [-0.3, -0.25) is 39.7 Å². The summed E-state index contributed by atoms with van der Waals surface area (Å²) in [6.45, 7) is 1.27. The fourth-order valence-corrected chi connectivity index (χ4v) is 3.14. The Hall–Kier alpha value is -4.08. The molecule has 0 aliphatic carbocycles. The fraction of sp³-hybridized carbons (Fsp3) is 0.238. The summed E-state index contributed by atoms with van der Waals surface area (Å²) >= 11 is 0. The SMILES string of the molecule is C[C@@H](OC(=O)[C@@H]1CC(=O)N(NC(=O)c2ccccc2[N+](=O)[O-])C1)C(=O)c1ccccc1. The number of rotatable bonds is 7. The van der Waals surface area contributed by atoms with E-state index in [0.717, 1.165) is 5.01 Å². The van der Waals surface area contributed by atoms with E-state index in [4.69, 9.17) is 4.74 Å². The molecule has 1 saturated heterocycles. The van der Waals surface area contributed by atoms with Gasteiger partial charge in [0.15, 0.2) is 6.10 Å². The number of nitrogens with zero attached hydrogens (tertiary/aromatic N) is 2. The molecule has 2 aromatic rings. The van der Waals surface area contributed by atoms with E-state index in [1.165, 1.54) is 31.2 Å². The second kappa shape index (κ2) is 9.16. The Labute approximate surface area is 176 Å². The number of ketones is 1. The van der Waals surface area contributed by atoms with Crippen molar-refractivity contribution in [1.29, 1.82) is 0 Å². The number of nitro groups is 1. The van der Waals surface area contributed by atoms with Crippen molar-refractivity contribution in [1.82, 2.24) is 10.4 Å². The molecule has 0 spiro atoms. The van der Waals surface area contributed by atoms with Crippen LogP contribution >= 0.6 is 0 Å². The first-order valence-corrected chi connectivity index (χ1v) is 9.42. The molecular weight excluding hydrogens is 406 g/mol. The van der Waals surface area contributed by atoms with E-state index in [2.05, 4.69) is 5.43 Å². The van der Waals surface area contributed by atoms with Crippen molar-refractivity contribution in [2.75, 3.05) is 6.54 Å². The number of Topliss-reactive ketones (excluding diaryl/α,β-unsaturated/α-hetero) is 1. The molecule has 3 rings (SSSR count). The van der Waals surface area contributed by atoms with Gasteiger partial charge in [-0.1, -0.05) is 42.5 Å². The number of hydrazine groups is 1. The molecule has 1 heterocycles. The molecule has 10 nitrogen and oxygen atoms in total. The molecule has 1 aliphatic heterocycles. The minimum atomic E-state index is -1.04. The van der Waals surface area contributed by atoms with Gasteiger partial charge in [0.25, 0.3) is 11.6 Å². The van der Waals surface area contributed by atoms with Gasteiger partial charge in [-0.15, -0.1) is 0 Å². The van der Waals surface area contributed by atoms with Gasteiger partial charge in [-0.05, 0) is 13.0 Å². The Balaban J connectivity index is 1.61. The van der Waals surface area contributed by atoms with Crippen molar-refractivity contribution in [3.8, 4) is 0 Å². The summed E-state index contributed by atoms with van der Waals surface area (Å²) < 4.78 is 5.22. The van der Waals surface area contributed by atoms with Crippen molar-refractivity contribution in [2.45, 2.75) is 19.4 Å². The van der Waals surface area contributed by atoms with Gasteiger partial charge in [0, 0.05) is 18.1 Å². The van der Waals surface area contributed by atoms with E-state index >= 15 is 0 Å². The molecule has 0 radical (unpaired) electrons. The molecule has 160 valence electrons. The fourth-order valence-electron chi connectivity index (χ4n) is 3.14. The summed E-state index contributed by atoms with van der Waals surface area (Å²) in [5.74, 6) is -3.39. The van der Waals surface area contributed by atoms with E-state index < -0.39 is 40.4 Å². The molecule has 0 aromatic heterocycles. The zero-order chi connectivity index (χ0) is 22.5. The zero-order valence-corrected chi connectivity index (χ0v) is 16.5. The van der Waals surface area contributed by atoms with Gasteiger partial charge in [-0.2, -0.15) is 0 Å². The van der Waals surface area contributed by atoms with Crippen LogP contribution in [0.25, 0.3) is 0 Å². The smallest absolute Gasteiger partial charge is 0.312 e. The number of ether oxygens (including phenoxy) is 1. The van der Waals surface area contributed by atoms with Crippen molar-refractivity contribution < 1.29 is 28.8 Å². The van der Waals surface area contributed by atoms with Crippen molar-refractivity contribution in [3.05, 3.63) is 75.8 Å². The maximum Gasteiger partial charge on any atom is 0.312 e. The second-order valence-corrected chi connectivity index (χ2v) is 6.93. The summed E-state index contributed by atoms with van der Waals surface area (Å²) in [4.78, 5) is 59.8. The highest BCUT2D eigenvalue weighted by atomic mass is 16.6. The standard InChI is InChI=1S/C21H19N3O7/c1-13(19(26)14-7-3-2-4-8-14)31-21(28)15-11-18(25)23(12-15)22-20(27)16-9-5-6-10-17(16)24(29)30/h2-10,13,15H,11-12H2,1H3,(H,22,27)/t13-,15-/m1/s1. The van der Waals surface area contributed by atoms with Crippen LogP contribution in [0.15, 0.2) is 54.6 Å². The molecule has 10 heteroatoms. The highest BCUT2D eigenvalue weighted by Crippen LogP contribution is 2.21. The van der Waals surface area contributed by atoms with Crippen LogP contribution in [0.1, 0.15) is 34.1 Å². The molecule has 2 amide bonds. The third-order valence-corrected chi connectivity index (χ3v) is 4.76. The predicted octanol–water partition coefficient (Wildman–Crippen LogP) is 1.90. The van der Waals surface area contributed by atoms with Crippen LogP contribution in [0, 0.1) is 16.0 Å². The number of esters is 1. The molecule has 0 saturated carbocycles. The van der Waals surface area contributed by atoms with Gasteiger partial charge >= 0.3 is 5.97 Å². The first kappa shape index (κ1) is 21.6. The minimum Gasteiger partial charge on any atom is -0.454 e. The number of hydrogen-bond donors (Lipinski definition) is 1. The third kappa shape index (κ3) is 4.92. The molecule has 1 N–H and O–H groups in total. The largest absolute Gasteiger partial charge is 0.454 e. The average Bonchev–Trinajstić information content (AvgIpc) is 3.14. The average molecular weight is 425 g/mol. The van der Waals surface area contributed by atoms with E-state index in [0.29, 0.717) is 5.56 Å². The summed E-state index contributed by atoms with van der Waals surface area (Å²) in [5, 5.41) is 12.0. The number of carbonyl (C=O) groups excluding carboxylic acids is 4. The number of benzene rings is 2. The minimum absolute atomic E-state index is 0.170. The molecule has 1 aliphatic rings. The lowest BCUT2D eigenvalue weighted by molar-refractivity contribution is -0.385. The molecular formula is C21H19N3O7. The highest BCUT2D eigenvalue weighted by Gasteiger charge is 2.38. The monoisotopic (exact) mass is 425 g/mol. The van der Waals surface area contributed by atoms with Crippen LogP contribution in [0.4, 0.5) is 5.69 Å². The molecule has 31 heavy (non-hydrogen) atoms. The van der Waals surface area contributed by atoms with Crippen LogP contribution in [0.5, 0.6) is 0 Å². The van der Waals surface area contributed by atoms with Gasteiger partial charge in [-0.25, -0.2) is 0 Å². The topological polar surface area (TPSA) is 136 Å². The van der Waals surface area contributed by atoms with Crippen LogP contribution in [0.2, 0.25) is 0 Å². The Bertz CT molecular complexity index is 1040. The summed E-state index contributed by atoms with van der Waals surface area (Å²) in [6.07, 6.45) is -1.26. The quantitative estimate of drug-likeness (QED) is 0.310. The van der Waals surface area contributed by atoms with Gasteiger partial charge < -0.3 is 4.74 Å².